The van der Waals surface area contributed by atoms with Gasteiger partial charge in [-0.15, -0.1) is 0 Å². The maximum absolute atomic E-state index is 5.71. The molecule has 3 nitrogen and oxygen atoms in total. The monoisotopic (exact) mass is 271 g/mol. The SMILES string of the molecule is CNC(c1cccc(OC)c1)C(OC)c1ccccc1. The van der Waals surface area contributed by atoms with Gasteiger partial charge in [-0.05, 0) is 30.3 Å². The summed E-state index contributed by atoms with van der Waals surface area (Å²) in [6.45, 7) is 0. The molecule has 0 bridgehead atoms. The summed E-state index contributed by atoms with van der Waals surface area (Å²) in [6, 6.07) is 18.4. The smallest absolute Gasteiger partial charge is 0.119 e. The van der Waals surface area contributed by atoms with E-state index < -0.39 is 0 Å². The summed E-state index contributed by atoms with van der Waals surface area (Å²) in [5.41, 5.74) is 2.29. The summed E-state index contributed by atoms with van der Waals surface area (Å²) < 4.78 is 11.0. The fourth-order valence-corrected chi connectivity index (χ4v) is 2.44. The Balaban J connectivity index is 2.34. The minimum absolute atomic E-state index is 0.0479. The molecule has 0 spiro atoms. The highest BCUT2D eigenvalue weighted by atomic mass is 16.5. The number of likely N-dealkylation sites (N-methyl/N-ethyl adjacent to an activating group) is 1. The van der Waals surface area contributed by atoms with Crippen molar-refractivity contribution >= 4 is 0 Å². The zero-order valence-corrected chi connectivity index (χ0v) is 12.2. The van der Waals surface area contributed by atoms with E-state index in [2.05, 4.69) is 23.5 Å². The minimum Gasteiger partial charge on any atom is -0.497 e. The van der Waals surface area contributed by atoms with Crippen LogP contribution in [-0.4, -0.2) is 21.3 Å². The molecule has 2 unspecified atom stereocenters. The Morgan fingerprint density at radius 2 is 1.60 bits per heavy atom. The first-order valence-electron chi connectivity index (χ1n) is 6.69. The third kappa shape index (κ3) is 3.18. The van der Waals surface area contributed by atoms with Crippen LogP contribution in [0.2, 0.25) is 0 Å². The van der Waals surface area contributed by atoms with Crippen LogP contribution < -0.4 is 10.1 Å². The van der Waals surface area contributed by atoms with Crippen LogP contribution in [0.4, 0.5) is 0 Å². The van der Waals surface area contributed by atoms with E-state index in [4.69, 9.17) is 9.47 Å². The Labute approximate surface area is 120 Å². The summed E-state index contributed by atoms with van der Waals surface area (Å²) in [4.78, 5) is 0. The van der Waals surface area contributed by atoms with Crippen LogP contribution in [0, 0.1) is 0 Å². The van der Waals surface area contributed by atoms with Crippen molar-refractivity contribution in [2.24, 2.45) is 0 Å². The first kappa shape index (κ1) is 14.6. The van der Waals surface area contributed by atoms with E-state index in [0.717, 1.165) is 16.9 Å². The predicted molar refractivity (Wildman–Crippen MR) is 81.0 cm³/mol. The van der Waals surface area contributed by atoms with Crippen molar-refractivity contribution in [2.75, 3.05) is 21.3 Å². The normalized spacial score (nSPS) is 13.8. The van der Waals surface area contributed by atoms with Crippen LogP contribution >= 0.6 is 0 Å². The lowest BCUT2D eigenvalue weighted by molar-refractivity contribution is 0.0701. The van der Waals surface area contributed by atoms with E-state index in [1.165, 1.54) is 0 Å². The van der Waals surface area contributed by atoms with E-state index in [9.17, 15) is 0 Å². The molecule has 0 aliphatic rings. The fourth-order valence-electron chi connectivity index (χ4n) is 2.44. The Kier molecular flexibility index (Phi) is 5.16. The van der Waals surface area contributed by atoms with Crippen LogP contribution in [0.15, 0.2) is 54.6 Å². The van der Waals surface area contributed by atoms with E-state index in [-0.39, 0.29) is 12.1 Å². The van der Waals surface area contributed by atoms with Gasteiger partial charge in [-0.2, -0.15) is 0 Å². The van der Waals surface area contributed by atoms with Gasteiger partial charge in [-0.3, -0.25) is 0 Å². The van der Waals surface area contributed by atoms with E-state index >= 15 is 0 Å². The molecule has 1 N–H and O–H groups in total. The second-order valence-electron chi connectivity index (χ2n) is 4.61. The van der Waals surface area contributed by atoms with Crippen molar-refractivity contribution in [3.05, 3.63) is 65.7 Å². The van der Waals surface area contributed by atoms with Crippen LogP contribution in [0.1, 0.15) is 23.3 Å². The second kappa shape index (κ2) is 7.08. The molecule has 0 fully saturated rings. The summed E-state index contributed by atoms with van der Waals surface area (Å²) in [5, 5.41) is 3.34. The number of methoxy groups -OCH3 is 2. The average Bonchev–Trinajstić information content (AvgIpc) is 2.53. The van der Waals surface area contributed by atoms with Crippen molar-refractivity contribution in [1.29, 1.82) is 0 Å². The topological polar surface area (TPSA) is 30.5 Å². The number of ether oxygens (including phenoxy) is 2. The molecular weight excluding hydrogens is 250 g/mol. The third-order valence-corrected chi connectivity index (χ3v) is 3.45. The maximum Gasteiger partial charge on any atom is 0.119 e. The molecule has 0 radical (unpaired) electrons. The summed E-state index contributed by atoms with van der Waals surface area (Å²) in [7, 11) is 5.36. The van der Waals surface area contributed by atoms with E-state index in [0.29, 0.717) is 0 Å². The molecular formula is C17H21NO2. The minimum atomic E-state index is -0.0479. The van der Waals surface area contributed by atoms with E-state index in [1.807, 2.05) is 43.4 Å². The molecule has 0 saturated heterocycles. The summed E-state index contributed by atoms with van der Waals surface area (Å²) in [6.07, 6.45) is -0.0479. The van der Waals surface area contributed by atoms with Gasteiger partial charge in [0.2, 0.25) is 0 Å². The number of benzene rings is 2. The fraction of sp³-hybridized carbons (Fsp3) is 0.294. The lowest BCUT2D eigenvalue weighted by Gasteiger charge is -2.26. The quantitative estimate of drug-likeness (QED) is 0.874. The largest absolute Gasteiger partial charge is 0.497 e. The summed E-state index contributed by atoms with van der Waals surface area (Å²) >= 11 is 0. The molecule has 106 valence electrons. The van der Waals surface area contributed by atoms with Crippen molar-refractivity contribution < 1.29 is 9.47 Å². The molecule has 2 rings (SSSR count). The highest BCUT2D eigenvalue weighted by Crippen LogP contribution is 2.32. The number of hydrogen-bond acceptors (Lipinski definition) is 3. The molecule has 2 aromatic carbocycles. The highest BCUT2D eigenvalue weighted by molar-refractivity contribution is 5.33. The molecule has 0 saturated carbocycles. The Morgan fingerprint density at radius 1 is 0.900 bits per heavy atom. The zero-order chi connectivity index (χ0) is 14.4. The number of rotatable bonds is 6. The van der Waals surface area contributed by atoms with Crippen molar-refractivity contribution in [2.45, 2.75) is 12.1 Å². The second-order valence-corrected chi connectivity index (χ2v) is 4.61. The van der Waals surface area contributed by atoms with Gasteiger partial charge in [0.25, 0.3) is 0 Å². The van der Waals surface area contributed by atoms with Gasteiger partial charge in [0.1, 0.15) is 11.9 Å². The summed E-state index contributed by atoms with van der Waals surface area (Å²) in [5.74, 6) is 0.852. The Bertz CT molecular complexity index is 528. The molecule has 3 heteroatoms. The van der Waals surface area contributed by atoms with Crippen LogP contribution in [0.3, 0.4) is 0 Å². The molecule has 0 amide bonds. The van der Waals surface area contributed by atoms with Gasteiger partial charge in [-0.1, -0.05) is 42.5 Å². The maximum atomic E-state index is 5.71. The molecule has 20 heavy (non-hydrogen) atoms. The standard InChI is InChI=1S/C17H21NO2/c1-18-16(14-10-7-11-15(12-14)19-2)17(20-3)13-8-5-4-6-9-13/h4-12,16-18H,1-3H3. The van der Waals surface area contributed by atoms with Crippen LogP contribution in [0.25, 0.3) is 0 Å². The molecule has 0 heterocycles. The van der Waals surface area contributed by atoms with Gasteiger partial charge < -0.3 is 14.8 Å². The Morgan fingerprint density at radius 3 is 2.20 bits per heavy atom. The van der Waals surface area contributed by atoms with Gasteiger partial charge in [0.05, 0.1) is 13.2 Å². The zero-order valence-electron chi connectivity index (χ0n) is 12.2. The third-order valence-electron chi connectivity index (χ3n) is 3.45. The molecule has 0 aromatic heterocycles. The average molecular weight is 271 g/mol. The first-order valence-corrected chi connectivity index (χ1v) is 6.69. The van der Waals surface area contributed by atoms with Gasteiger partial charge in [-0.25, -0.2) is 0 Å². The van der Waals surface area contributed by atoms with E-state index in [1.54, 1.807) is 14.2 Å². The van der Waals surface area contributed by atoms with Crippen molar-refractivity contribution in [3.8, 4) is 5.75 Å². The van der Waals surface area contributed by atoms with Gasteiger partial charge in [0.15, 0.2) is 0 Å². The first-order chi connectivity index (χ1) is 9.80. The predicted octanol–water partition coefficient (Wildman–Crippen LogP) is 3.34. The van der Waals surface area contributed by atoms with Crippen LogP contribution in [-0.2, 0) is 4.74 Å². The van der Waals surface area contributed by atoms with Crippen LogP contribution in [0.5, 0.6) is 5.75 Å². The molecule has 0 aliphatic carbocycles. The lowest BCUT2D eigenvalue weighted by Crippen LogP contribution is -2.25. The van der Waals surface area contributed by atoms with Gasteiger partial charge in [0, 0.05) is 7.11 Å². The molecule has 2 aromatic rings. The Hall–Kier alpha value is -1.84. The number of hydrogen-bond donors (Lipinski definition) is 1. The number of nitrogens with one attached hydrogen (secondary N) is 1. The van der Waals surface area contributed by atoms with Crippen molar-refractivity contribution in [3.63, 3.8) is 0 Å². The highest BCUT2D eigenvalue weighted by Gasteiger charge is 2.23. The molecule has 2 atom stereocenters. The lowest BCUT2D eigenvalue weighted by atomic mass is 9.95. The van der Waals surface area contributed by atoms with Crippen molar-refractivity contribution in [1.82, 2.24) is 5.32 Å². The van der Waals surface area contributed by atoms with Gasteiger partial charge >= 0.3 is 0 Å². The molecule has 0 aliphatic heterocycles.